The van der Waals surface area contributed by atoms with Crippen LogP contribution in [0.15, 0.2) is 41.0 Å². The van der Waals surface area contributed by atoms with Crippen molar-refractivity contribution in [3.05, 3.63) is 53.7 Å². The van der Waals surface area contributed by atoms with Gasteiger partial charge in [0.15, 0.2) is 0 Å². The van der Waals surface area contributed by atoms with E-state index < -0.39 is 11.7 Å². The van der Waals surface area contributed by atoms with Gasteiger partial charge in [-0.25, -0.2) is 4.39 Å². The van der Waals surface area contributed by atoms with Crippen LogP contribution in [0.5, 0.6) is 0 Å². The van der Waals surface area contributed by atoms with Gasteiger partial charge >= 0.3 is 0 Å². The van der Waals surface area contributed by atoms with Crippen molar-refractivity contribution >= 4 is 11.6 Å². The maximum absolute atomic E-state index is 13.4. The molecule has 2 rings (SSSR count). The van der Waals surface area contributed by atoms with Crippen LogP contribution in [0.3, 0.4) is 0 Å². The highest BCUT2D eigenvalue weighted by Gasteiger charge is 2.11. The Morgan fingerprint density at radius 3 is 2.89 bits per heavy atom. The Morgan fingerprint density at radius 1 is 1.39 bits per heavy atom. The maximum atomic E-state index is 13.4. The third-order valence-electron chi connectivity index (χ3n) is 2.47. The van der Waals surface area contributed by atoms with Crippen LogP contribution in [-0.4, -0.2) is 12.5 Å². The van der Waals surface area contributed by atoms with Gasteiger partial charge in [0, 0.05) is 18.7 Å². The highest BCUT2D eigenvalue weighted by Crippen LogP contribution is 2.11. The number of rotatable bonds is 4. The molecule has 0 fully saturated rings. The zero-order valence-corrected chi connectivity index (χ0v) is 9.65. The Morgan fingerprint density at radius 2 is 2.22 bits per heavy atom. The topological polar surface area (TPSA) is 68.3 Å². The Bertz CT molecular complexity index is 538. The summed E-state index contributed by atoms with van der Waals surface area (Å²) < 4.78 is 18.6. The smallest absolute Gasteiger partial charge is 0.254 e. The summed E-state index contributed by atoms with van der Waals surface area (Å²) in [5.74, 6) is -0.308. The van der Waals surface area contributed by atoms with Crippen molar-refractivity contribution < 1.29 is 13.6 Å². The van der Waals surface area contributed by atoms with Crippen molar-refractivity contribution in [2.75, 3.05) is 12.3 Å². The fraction of sp³-hybridized carbons (Fsp3) is 0.154. The van der Waals surface area contributed by atoms with Gasteiger partial charge in [0.2, 0.25) is 0 Å². The van der Waals surface area contributed by atoms with E-state index in [0.717, 1.165) is 11.8 Å². The molecule has 1 amide bonds. The summed E-state index contributed by atoms with van der Waals surface area (Å²) in [6.07, 6.45) is 2.13. The van der Waals surface area contributed by atoms with Gasteiger partial charge in [0.1, 0.15) is 11.6 Å². The average Bonchev–Trinajstić information content (AvgIpc) is 2.81. The van der Waals surface area contributed by atoms with Crippen LogP contribution in [0, 0.1) is 5.82 Å². The van der Waals surface area contributed by atoms with Gasteiger partial charge in [-0.05, 0) is 30.3 Å². The largest absolute Gasteiger partial charge is 0.469 e. The summed E-state index contributed by atoms with van der Waals surface area (Å²) in [5, 5.41) is 2.62. The molecule has 0 aliphatic heterocycles. The predicted octanol–water partition coefficient (Wildman–Crippen LogP) is 1.97. The molecular formula is C13H13FN2O2. The molecule has 0 aliphatic rings. The summed E-state index contributed by atoms with van der Waals surface area (Å²) in [6, 6.07) is 7.58. The van der Waals surface area contributed by atoms with Crippen molar-refractivity contribution in [3.63, 3.8) is 0 Å². The first kappa shape index (κ1) is 12.2. The lowest BCUT2D eigenvalue weighted by atomic mass is 10.2. The molecule has 0 bridgehead atoms. The summed E-state index contributed by atoms with van der Waals surface area (Å²) >= 11 is 0. The van der Waals surface area contributed by atoms with Gasteiger partial charge in [-0.3, -0.25) is 4.79 Å². The van der Waals surface area contributed by atoms with Gasteiger partial charge < -0.3 is 15.5 Å². The van der Waals surface area contributed by atoms with Crippen molar-refractivity contribution in [1.29, 1.82) is 0 Å². The predicted molar refractivity (Wildman–Crippen MR) is 65.6 cm³/mol. The number of halogens is 1. The van der Waals surface area contributed by atoms with E-state index in [1.165, 1.54) is 12.1 Å². The van der Waals surface area contributed by atoms with Crippen LogP contribution in [-0.2, 0) is 6.42 Å². The molecule has 0 unspecified atom stereocenters. The van der Waals surface area contributed by atoms with Crippen LogP contribution >= 0.6 is 0 Å². The molecule has 5 heteroatoms. The number of nitrogens with one attached hydrogen (secondary N) is 1. The first-order valence-corrected chi connectivity index (χ1v) is 5.52. The van der Waals surface area contributed by atoms with E-state index >= 15 is 0 Å². The highest BCUT2D eigenvalue weighted by molar-refractivity contribution is 5.94. The standard InChI is InChI=1S/C13H13FN2O2/c14-12-8-9(15)3-4-11(12)13(17)16-6-5-10-2-1-7-18-10/h1-4,7-8H,5-6,15H2,(H,16,17). The zero-order valence-electron chi connectivity index (χ0n) is 9.65. The fourth-order valence-electron chi connectivity index (χ4n) is 1.56. The number of carbonyl (C=O) groups excluding carboxylic acids is 1. The van der Waals surface area contributed by atoms with E-state index in [1.54, 1.807) is 12.3 Å². The summed E-state index contributed by atoms with van der Waals surface area (Å²) in [6.45, 7) is 0.385. The summed E-state index contributed by atoms with van der Waals surface area (Å²) in [5.41, 5.74) is 5.69. The SMILES string of the molecule is Nc1ccc(C(=O)NCCc2ccco2)c(F)c1. The third kappa shape index (κ3) is 2.88. The number of nitrogen functional groups attached to an aromatic ring is 1. The van der Waals surface area contributed by atoms with Crippen LogP contribution in [0.4, 0.5) is 10.1 Å². The van der Waals surface area contributed by atoms with E-state index in [0.29, 0.717) is 18.7 Å². The number of anilines is 1. The van der Waals surface area contributed by atoms with Crippen molar-refractivity contribution in [1.82, 2.24) is 5.32 Å². The Kier molecular flexibility index (Phi) is 3.62. The maximum Gasteiger partial charge on any atom is 0.254 e. The number of carbonyl (C=O) groups is 1. The number of furan rings is 1. The summed E-state index contributed by atoms with van der Waals surface area (Å²) in [7, 11) is 0. The molecular weight excluding hydrogens is 235 g/mol. The van der Waals surface area contributed by atoms with E-state index in [4.69, 9.17) is 10.2 Å². The van der Waals surface area contributed by atoms with E-state index in [9.17, 15) is 9.18 Å². The van der Waals surface area contributed by atoms with Crippen LogP contribution in [0.25, 0.3) is 0 Å². The highest BCUT2D eigenvalue weighted by atomic mass is 19.1. The lowest BCUT2D eigenvalue weighted by Crippen LogP contribution is -2.26. The molecule has 0 radical (unpaired) electrons. The minimum Gasteiger partial charge on any atom is -0.469 e. The molecule has 18 heavy (non-hydrogen) atoms. The van der Waals surface area contributed by atoms with Crippen LogP contribution in [0.2, 0.25) is 0 Å². The van der Waals surface area contributed by atoms with Gasteiger partial charge in [-0.15, -0.1) is 0 Å². The molecule has 0 saturated heterocycles. The lowest BCUT2D eigenvalue weighted by molar-refractivity contribution is 0.0950. The molecule has 1 aromatic carbocycles. The first-order valence-electron chi connectivity index (χ1n) is 5.52. The molecule has 0 spiro atoms. The number of amides is 1. The minimum atomic E-state index is -0.620. The molecule has 94 valence electrons. The zero-order chi connectivity index (χ0) is 13.0. The minimum absolute atomic E-state index is 0.0105. The summed E-state index contributed by atoms with van der Waals surface area (Å²) in [4.78, 5) is 11.7. The third-order valence-corrected chi connectivity index (χ3v) is 2.47. The van der Waals surface area contributed by atoms with Gasteiger partial charge in [0.25, 0.3) is 5.91 Å². The molecule has 0 aliphatic carbocycles. The average molecular weight is 248 g/mol. The second kappa shape index (κ2) is 5.35. The Balaban J connectivity index is 1.91. The van der Waals surface area contributed by atoms with Gasteiger partial charge in [-0.1, -0.05) is 0 Å². The van der Waals surface area contributed by atoms with Crippen LogP contribution in [0.1, 0.15) is 16.1 Å². The monoisotopic (exact) mass is 248 g/mol. The number of benzene rings is 1. The molecule has 4 nitrogen and oxygen atoms in total. The second-order valence-electron chi connectivity index (χ2n) is 3.82. The number of nitrogens with two attached hydrogens (primary N) is 1. The lowest BCUT2D eigenvalue weighted by Gasteiger charge is -2.05. The number of hydrogen-bond acceptors (Lipinski definition) is 3. The first-order chi connectivity index (χ1) is 8.66. The quantitative estimate of drug-likeness (QED) is 0.813. The molecule has 0 saturated carbocycles. The van der Waals surface area contributed by atoms with E-state index in [2.05, 4.69) is 5.32 Å². The van der Waals surface area contributed by atoms with Gasteiger partial charge in [0.05, 0.1) is 11.8 Å². The molecule has 3 N–H and O–H groups in total. The van der Waals surface area contributed by atoms with E-state index in [1.807, 2.05) is 6.07 Å². The van der Waals surface area contributed by atoms with Gasteiger partial charge in [-0.2, -0.15) is 0 Å². The molecule has 1 heterocycles. The second-order valence-corrected chi connectivity index (χ2v) is 3.82. The normalized spacial score (nSPS) is 10.3. The van der Waals surface area contributed by atoms with Crippen molar-refractivity contribution in [2.24, 2.45) is 0 Å². The number of hydrogen-bond donors (Lipinski definition) is 2. The van der Waals surface area contributed by atoms with Crippen molar-refractivity contribution in [3.8, 4) is 0 Å². The van der Waals surface area contributed by atoms with E-state index in [-0.39, 0.29) is 5.56 Å². The molecule has 0 atom stereocenters. The fourth-order valence-corrected chi connectivity index (χ4v) is 1.56. The van der Waals surface area contributed by atoms with Crippen molar-refractivity contribution in [2.45, 2.75) is 6.42 Å². The Hall–Kier alpha value is -2.30. The molecule has 2 aromatic rings. The Labute approximate surface area is 104 Å². The van der Waals surface area contributed by atoms with Crippen LogP contribution < -0.4 is 11.1 Å². The molecule has 1 aromatic heterocycles.